The van der Waals surface area contributed by atoms with Crippen molar-refractivity contribution in [2.75, 3.05) is 0 Å². The number of cyclic esters (lactones) is 1. The Morgan fingerprint density at radius 3 is 2.70 bits per heavy atom. The molecule has 110 valence electrons. The minimum absolute atomic E-state index is 0.279. The highest BCUT2D eigenvalue weighted by Gasteiger charge is 2.25. The molecule has 0 spiro atoms. The molecule has 2 aromatic carbocycles. The van der Waals surface area contributed by atoms with Gasteiger partial charge in [0.25, 0.3) is 0 Å². The molecule has 0 saturated carbocycles. The summed E-state index contributed by atoms with van der Waals surface area (Å²) in [5, 5.41) is 2.08. The quantitative estimate of drug-likeness (QED) is 0.537. The van der Waals surface area contributed by atoms with Crippen molar-refractivity contribution in [2.45, 2.75) is 0 Å². The fourth-order valence-electron chi connectivity index (χ4n) is 2.56. The molecule has 0 N–H and O–H groups in total. The Morgan fingerprint density at radius 2 is 1.83 bits per heavy atom. The second-order valence-corrected chi connectivity index (χ2v) is 5.15. The molecule has 0 bridgehead atoms. The number of nitrogens with zero attached hydrogens (tertiary/aromatic N) is 2. The van der Waals surface area contributed by atoms with Gasteiger partial charge in [-0.25, -0.2) is 9.79 Å². The molecule has 1 aliphatic rings. The molecule has 1 aromatic heterocycles. The average molecular weight is 300 g/mol. The van der Waals surface area contributed by atoms with Gasteiger partial charge in [-0.1, -0.05) is 42.5 Å². The van der Waals surface area contributed by atoms with Crippen LogP contribution in [0.5, 0.6) is 0 Å². The summed E-state index contributed by atoms with van der Waals surface area (Å²) in [5.74, 6) is -0.112. The van der Waals surface area contributed by atoms with Crippen LogP contribution >= 0.6 is 0 Å². The number of carbonyl (C=O) groups excluding carboxylic acids is 1. The lowest BCUT2D eigenvalue weighted by Gasteiger charge is -2.04. The number of hydrogen-bond acceptors (Lipinski definition) is 4. The van der Waals surface area contributed by atoms with Gasteiger partial charge in [-0.2, -0.15) is 0 Å². The van der Waals surface area contributed by atoms with Gasteiger partial charge in [0.05, 0.1) is 0 Å². The van der Waals surface area contributed by atoms with Crippen LogP contribution in [0.15, 0.2) is 77.7 Å². The molecule has 0 unspecified atom stereocenters. The predicted molar refractivity (Wildman–Crippen MR) is 88.8 cm³/mol. The lowest BCUT2D eigenvalue weighted by Crippen LogP contribution is -2.05. The van der Waals surface area contributed by atoms with Gasteiger partial charge in [0.2, 0.25) is 5.90 Å². The zero-order chi connectivity index (χ0) is 15.6. The maximum absolute atomic E-state index is 12.1. The van der Waals surface area contributed by atoms with Crippen LogP contribution in [0.3, 0.4) is 0 Å². The summed E-state index contributed by atoms with van der Waals surface area (Å²) in [5.41, 5.74) is 1.90. The number of pyridine rings is 1. The van der Waals surface area contributed by atoms with Crippen LogP contribution in [0.4, 0.5) is 0 Å². The lowest BCUT2D eigenvalue weighted by molar-refractivity contribution is -0.129. The molecule has 4 heteroatoms. The second kappa shape index (κ2) is 5.50. The van der Waals surface area contributed by atoms with Crippen molar-refractivity contribution in [3.05, 3.63) is 83.8 Å². The van der Waals surface area contributed by atoms with Gasteiger partial charge in [-0.15, -0.1) is 0 Å². The molecule has 0 fully saturated rings. The number of rotatable bonds is 2. The topological polar surface area (TPSA) is 51.5 Å². The Hall–Kier alpha value is -3.27. The second-order valence-electron chi connectivity index (χ2n) is 5.15. The SMILES string of the molecule is O=C1OC(c2cccc3ccccc23)=N/C1=C/c1cccnc1. The molecule has 2 heterocycles. The van der Waals surface area contributed by atoms with Gasteiger partial charge >= 0.3 is 5.97 Å². The summed E-state index contributed by atoms with van der Waals surface area (Å²) in [4.78, 5) is 20.5. The van der Waals surface area contributed by atoms with E-state index in [1.54, 1.807) is 18.5 Å². The number of esters is 1. The molecular weight excluding hydrogens is 288 g/mol. The van der Waals surface area contributed by atoms with Crippen molar-refractivity contribution in [3.8, 4) is 0 Å². The van der Waals surface area contributed by atoms with Gasteiger partial charge in [0.1, 0.15) is 0 Å². The largest absolute Gasteiger partial charge is 0.402 e. The van der Waals surface area contributed by atoms with Crippen molar-refractivity contribution in [3.63, 3.8) is 0 Å². The highest BCUT2D eigenvalue weighted by atomic mass is 16.6. The van der Waals surface area contributed by atoms with Gasteiger partial charge < -0.3 is 4.74 Å². The molecule has 0 amide bonds. The van der Waals surface area contributed by atoms with Crippen LogP contribution in [0.2, 0.25) is 0 Å². The van der Waals surface area contributed by atoms with E-state index in [9.17, 15) is 4.79 Å². The first-order valence-electron chi connectivity index (χ1n) is 7.22. The number of carbonyl (C=O) groups is 1. The van der Waals surface area contributed by atoms with Gasteiger partial charge in [0.15, 0.2) is 5.70 Å². The minimum Gasteiger partial charge on any atom is -0.402 e. The molecule has 3 aromatic rings. The number of hydrogen-bond donors (Lipinski definition) is 0. The molecule has 4 nitrogen and oxygen atoms in total. The Labute approximate surface area is 132 Å². The fourth-order valence-corrected chi connectivity index (χ4v) is 2.56. The summed E-state index contributed by atoms with van der Waals surface area (Å²) >= 11 is 0. The third kappa shape index (κ3) is 2.51. The van der Waals surface area contributed by atoms with E-state index in [1.165, 1.54) is 0 Å². The van der Waals surface area contributed by atoms with Crippen molar-refractivity contribution in [1.82, 2.24) is 4.98 Å². The molecule has 23 heavy (non-hydrogen) atoms. The highest BCUT2D eigenvalue weighted by molar-refractivity contribution is 6.17. The third-order valence-corrected chi connectivity index (χ3v) is 3.63. The average Bonchev–Trinajstić information content (AvgIpc) is 2.96. The lowest BCUT2D eigenvalue weighted by atomic mass is 10.0. The first-order valence-corrected chi connectivity index (χ1v) is 7.22. The normalized spacial score (nSPS) is 15.7. The first-order chi connectivity index (χ1) is 11.3. The molecule has 0 atom stereocenters. The molecule has 0 radical (unpaired) electrons. The van der Waals surface area contributed by atoms with E-state index in [4.69, 9.17) is 4.74 Å². The smallest absolute Gasteiger partial charge is 0.363 e. The van der Waals surface area contributed by atoms with Gasteiger partial charge in [-0.05, 0) is 34.5 Å². The summed E-state index contributed by atoms with van der Waals surface area (Å²) in [6.07, 6.45) is 5.03. The molecule has 4 rings (SSSR count). The zero-order valence-corrected chi connectivity index (χ0v) is 12.1. The van der Waals surface area contributed by atoms with E-state index in [2.05, 4.69) is 9.98 Å². The highest BCUT2D eigenvalue weighted by Crippen LogP contribution is 2.24. The number of fused-ring (bicyclic) bond motifs is 1. The monoisotopic (exact) mass is 300 g/mol. The van der Waals surface area contributed by atoms with Crippen LogP contribution in [0.1, 0.15) is 11.1 Å². The molecule has 0 aliphatic carbocycles. The van der Waals surface area contributed by atoms with E-state index in [0.717, 1.165) is 21.9 Å². The van der Waals surface area contributed by atoms with Crippen molar-refractivity contribution in [1.29, 1.82) is 0 Å². The predicted octanol–water partition coefficient (Wildman–Crippen LogP) is 3.58. The Balaban J connectivity index is 1.79. The Kier molecular flexibility index (Phi) is 3.20. The van der Waals surface area contributed by atoms with Crippen molar-refractivity contribution >= 4 is 28.7 Å². The summed E-state index contributed by atoms with van der Waals surface area (Å²) in [6, 6.07) is 17.5. The maximum Gasteiger partial charge on any atom is 0.363 e. The van der Waals surface area contributed by atoms with Crippen LogP contribution < -0.4 is 0 Å². The molecular formula is C19H12N2O2. The fraction of sp³-hybridized carbons (Fsp3) is 0. The standard InChI is InChI=1S/C19H12N2O2/c22-19-17(11-13-5-4-10-20-12-13)21-18(23-19)16-9-3-7-14-6-1-2-8-15(14)16/h1-12H/b17-11+. The van der Waals surface area contributed by atoms with E-state index in [1.807, 2.05) is 54.6 Å². The van der Waals surface area contributed by atoms with E-state index in [-0.39, 0.29) is 5.70 Å². The van der Waals surface area contributed by atoms with E-state index in [0.29, 0.717) is 5.90 Å². The first kappa shape index (κ1) is 13.4. The number of benzene rings is 2. The summed E-state index contributed by atoms with van der Waals surface area (Å²) in [6.45, 7) is 0. The Bertz CT molecular complexity index is 954. The van der Waals surface area contributed by atoms with Gasteiger partial charge in [-0.3, -0.25) is 4.98 Å². The summed E-state index contributed by atoms with van der Waals surface area (Å²) in [7, 11) is 0. The minimum atomic E-state index is -0.447. The number of ether oxygens (including phenoxy) is 1. The van der Waals surface area contributed by atoms with Gasteiger partial charge in [0, 0.05) is 18.0 Å². The molecule has 1 aliphatic heterocycles. The van der Waals surface area contributed by atoms with Crippen LogP contribution in [-0.2, 0) is 9.53 Å². The van der Waals surface area contributed by atoms with Crippen LogP contribution in [0, 0.1) is 0 Å². The summed E-state index contributed by atoms with van der Waals surface area (Å²) < 4.78 is 5.36. The van der Waals surface area contributed by atoms with E-state index < -0.39 is 5.97 Å². The zero-order valence-electron chi connectivity index (χ0n) is 12.1. The Morgan fingerprint density at radius 1 is 0.957 bits per heavy atom. The maximum atomic E-state index is 12.1. The van der Waals surface area contributed by atoms with Crippen molar-refractivity contribution in [2.24, 2.45) is 4.99 Å². The van der Waals surface area contributed by atoms with Crippen LogP contribution in [-0.4, -0.2) is 16.9 Å². The number of aliphatic imine (C=N–C) groups is 1. The van der Waals surface area contributed by atoms with Crippen LogP contribution in [0.25, 0.3) is 16.8 Å². The van der Waals surface area contributed by atoms with E-state index >= 15 is 0 Å². The number of aromatic nitrogens is 1. The molecule has 0 saturated heterocycles. The van der Waals surface area contributed by atoms with Crippen molar-refractivity contribution < 1.29 is 9.53 Å². The third-order valence-electron chi connectivity index (χ3n) is 3.63.